The fraction of sp³-hybridized carbons (Fsp3) is 0.321. The summed E-state index contributed by atoms with van der Waals surface area (Å²) in [5.74, 6) is -0.883. The molecule has 0 aliphatic carbocycles. The van der Waals surface area contributed by atoms with Crippen molar-refractivity contribution >= 4 is 11.9 Å². The van der Waals surface area contributed by atoms with Crippen molar-refractivity contribution < 1.29 is 24.2 Å². The van der Waals surface area contributed by atoms with E-state index in [2.05, 4.69) is 13.8 Å². The molecule has 0 atom stereocenters. The van der Waals surface area contributed by atoms with E-state index >= 15 is 0 Å². The molecule has 35 heavy (non-hydrogen) atoms. The molecule has 7 heteroatoms. The minimum Gasteiger partial charge on any atom is -0.496 e. The Morgan fingerprint density at radius 1 is 1.09 bits per heavy atom. The molecule has 0 aliphatic heterocycles. The zero-order valence-corrected chi connectivity index (χ0v) is 20.8. The first-order valence-corrected chi connectivity index (χ1v) is 11.5. The van der Waals surface area contributed by atoms with Gasteiger partial charge in [-0.3, -0.25) is 4.98 Å². The van der Waals surface area contributed by atoms with Crippen LogP contribution < -0.4 is 10.5 Å². The molecule has 0 fully saturated rings. The summed E-state index contributed by atoms with van der Waals surface area (Å²) < 4.78 is 11.0. The Morgan fingerprint density at radius 2 is 1.77 bits per heavy atom. The summed E-state index contributed by atoms with van der Waals surface area (Å²) in [6, 6.07) is 12.4. The highest BCUT2D eigenvalue weighted by atomic mass is 16.5. The van der Waals surface area contributed by atoms with Gasteiger partial charge in [-0.25, -0.2) is 9.59 Å². The van der Waals surface area contributed by atoms with Gasteiger partial charge in [0.1, 0.15) is 12.4 Å². The smallest absolute Gasteiger partial charge is 0.340 e. The van der Waals surface area contributed by atoms with Crippen molar-refractivity contribution in [1.29, 1.82) is 0 Å². The van der Waals surface area contributed by atoms with Gasteiger partial charge in [-0.15, -0.1) is 0 Å². The second kappa shape index (κ2) is 11.1. The molecule has 1 aromatic heterocycles. The van der Waals surface area contributed by atoms with E-state index in [-0.39, 0.29) is 18.7 Å². The van der Waals surface area contributed by atoms with E-state index in [9.17, 15) is 14.7 Å². The van der Waals surface area contributed by atoms with Crippen LogP contribution in [-0.2, 0) is 24.3 Å². The predicted octanol–water partition coefficient (Wildman–Crippen LogP) is 5.09. The van der Waals surface area contributed by atoms with Crippen LogP contribution in [0.3, 0.4) is 0 Å². The zero-order chi connectivity index (χ0) is 25.7. The Bertz CT molecular complexity index is 1230. The van der Waals surface area contributed by atoms with E-state index in [4.69, 9.17) is 20.2 Å². The van der Waals surface area contributed by atoms with Gasteiger partial charge in [-0.2, -0.15) is 0 Å². The Kier molecular flexibility index (Phi) is 8.25. The Morgan fingerprint density at radius 3 is 2.34 bits per heavy atom. The molecule has 3 N–H and O–H groups in total. The van der Waals surface area contributed by atoms with Gasteiger partial charge in [0.25, 0.3) is 0 Å². The summed E-state index contributed by atoms with van der Waals surface area (Å²) in [6.07, 6.45) is 0.745. The first-order valence-electron chi connectivity index (χ1n) is 11.5. The number of aryl methyl sites for hydroxylation is 2. The number of hydrogen-bond acceptors (Lipinski definition) is 6. The molecule has 2 aromatic carbocycles. The number of nitrogens with zero attached hydrogens (tertiary/aromatic N) is 1. The SMILES string of the molecule is COc1cc(C(=O)O)ccc1COC(=O)c1c(C)nc(CC(C)C)c(CN)c1-c1ccc(C)cc1. The van der Waals surface area contributed by atoms with Gasteiger partial charge in [-0.05, 0) is 49.4 Å². The van der Waals surface area contributed by atoms with Crippen molar-refractivity contribution in [2.75, 3.05) is 7.11 Å². The molecule has 0 radical (unpaired) electrons. The number of nitrogens with two attached hydrogens (primary N) is 1. The Labute approximate surface area is 205 Å². The molecule has 0 bridgehead atoms. The number of rotatable bonds is 9. The van der Waals surface area contributed by atoms with Gasteiger partial charge in [0.15, 0.2) is 0 Å². The van der Waals surface area contributed by atoms with Crippen molar-refractivity contribution in [3.05, 3.63) is 81.7 Å². The summed E-state index contributed by atoms with van der Waals surface area (Å²) in [4.78, 5) is 29.5. The summed E-state index contributed by atoms with van der Waals surface area (Å²) in [5, 5.41) is 9.22. The molecule has 0 saturated heterocycles. The van der Waals surface area contributed by atoms with Crippen molar-refractivity contribution in [2.45, 2.75) is 47.3 Å². The summed E-state index contributed by atoms with van der Waals surface area (Å²) in [6.45, 7) is 8.21. The molecule has 0 unspecified atom stereocenters. The molecule has 0 aliphatic rings. The number of esters is 1. The van der Waals surface area contributed by atoms with Gasteiger partial charge >= 0.3 is 11.9 Å². The summed E-state index contributed by atoms with van der Waals surface area (Å²) in [7, 11) is 1.44. The zero-order valence-electron chi connectivity index (χ0n) is 20.8. The number of carboxylic acid groups (broad SMARTS) is 1. The van der Waals surface area contributed by atoms with Crippen LogP contribution in [0, 0.1) is 19.8 Å². The predicted molar refractivity (Wildman–Crippen MR) is 135 cm³/mol. The van der Waals surface area contributed by atoms with E-state index in [1.807, 2.05) is 31.2 Å². The number of carbonyl (C=O) groups is 2. The number of ether oxygens (including phenoxy) is 2. The van der Waals surface area contributed by atoms with Gasteiger partial charge in [-0.1, -0.05) is 49.7 Å². The number of benzene rings is 2. The molecule has 0 saturated carbocycles. The van der Waals surface area contributed by atoms with Crippen LogP contribution in [-0.4, -0.2) is 29.1 Å². The van der Waals surface area contributed by atoms with Crippen LogP contribution in [0.25, 0.3) is 11.1 Å². The number of aromatic carboxylic acids is 1. The highest BCUT2D eigenvalue weighted by Crippen LogP contribution is 2.33. The number of pyridine rings is 1. The van der Waals surface area contributed by atoms with Crippen molar-refractivity contribution in [2.24, 2.45) is 11.7 Å². The van der Waals surface area contributed by atoms with Crippen LogP contribution in [0.2, 0.25) is 0 Å². The summed E-state index contributed by atoms with van der Waals surface area (Å²) >= 11 is 0. The van der Waals surface area contributed by atoms with Gasteiger partial charge in [0.05, 0.1) is 23.9 Å². The second-order valence-corrected chi connectivity index (χ2v) is 8.95. The van der Waals surface area contributed by atoms with Gasteiger partial charge in [0.2, 0.25) is 0 Å². The maximum Gasteiger partial charge on any atom is 0.340 e. The number of methoxy groups -OCH3 is 1. The maximum absolute atomic E-state index is 13.4. The molecule has 3 rings (SSSR count). The molecule has 0 spiro atoms. The summed E-state index contributed by atoms with van der Waals surface area (Å²) in [5.41, 5.74) is 12.3. The quantitative estimate of drug-likeness (QED) is 0.414. The van der Waals surface area contributed by atoms with Crippen LogP contribution >= 0.6 is 0 Å². The third-order valence-electron chi connectivity index (χ3n) is 5.81. The van der Waals surface area contributed by atoms with Crippen molar-refractivity contribution in [1.82, 2.24) is 4.98 Å². The van der Waals surface area contributed by atoms with E-state index in [0.717, 1.165) is 34.4 Å². The monoisotopic (exact) mass is 476 g/mol. The Balaban J connectivity index is 2.05. The normalized spacial score (nSPS) is 10.9. The van der Waals surface area contributed by atoms with E-state index in [1.165, 1.54) is 19.2 Å². The fourth-order valence-electron chi connectivity index (χ4n) is 4.08. The molecule has 184 valence electrons. The molecule has 1 heterocycles. The first kappa shape index (κ1) is 25.9. The molecule has 7 nitrogen and oxygen atoms in total. The van der Waals surface area contributed by atoms with Gasteiger partial charge in [0, 0.05) is 23.4 Å². The number of aromatic nitrogens is 1. The van der Waals surface area contributed by atoms with Crippen LogP contribution in [0.4, 0.5) is 0 Å². The lowest BCUT2D eigenvalue weighted by molar-refractivity contribution is 0.0468. The minimum absolute atomic E-state index is 0.0829. The van der Waals surface area contributed by atoms with Crippen molar-refractivity contribution in [3.63, 3.8) is 0 Å². The molecule has 0 amide bonds. The third kappa shape index (κ3) is 5.87. The van der Waals surface area contributed by atoms with Crippen LogP contribution in [0.1, 0.15) is 62.6 Å². The topological polar surface area (TPSA) is 112 Å². The average Bonchev–Trinajstić information content (AvgIpc) is 2.82. The average molecular weight is 477 g/mol. The van der Waals surface area contributed by atoms with Crippen molar-refractivity contribution in [3.8, 4) is 16.9 Å². The number of hydrogen-bond donors (Lipinski definition) is 2. The number of carboxylic acids is 1. The van der Waals surface area contributed by atoms with E-state index in [0.29, 0.717) is 28.5 Å². The lowest BCUT2D eigenvalue weighted by Gasteiger charge is -2.20. The first-order chi connectivity index (χ1) is 16.7. The Hall–Kier alpha value is -3.71. The van der Waals surface area contributed by atoms with E-state index in [1.54, 1.807) is 13.0 Å². The lowest BCUT2D eigenvalue weighted by Crippen LogP contribution is -2.17. The molecule has 3 aromatic rings. The molecular formula is C28H32N2O5. The standard InChI is InChI=1S/C28H32N2O5/c1-16(2)12-23-22(14-29)26(19-8-6-17(3)7-9-19)25(18(4)30-23)28(33)35-15-21-11-10-20(27(31)32)13-24(21)34-5/h6-11,13,16H,12,14-15,29H2,1-5H3,(H,31,32). The van der Waals surface area contributed by atoms with Gasteiger partial charge < -0.3 is 20.3 Å². The maximum atomic E-state index is 13.4. The largest absolute Gasteiger partial charge is 0.496 e. The van der Waals surface area contributed by atoms with Crippen LogP contribution in [0.5, 0.6) is 5.75 Å². The molecular weight excluding hydrogens is 444 g/mol. The highest BCUT2D eigenvalue weighted by Gasteiger charge is 2.25. The third-order valence-corrected chi connectivity index (χ3v) is 5.81. The van der Waals surface area contributed by atoms with Crippen LogP contribution in [0.15, 0.2) is 42.5 Å². The lowest BCUT2D eigenvalue weighted by atomic mass is 9.90. The minimum atomic E-state index is -1.06. The second-order valence-electron chi connectivity index (χ2n) is 8.95. The highest BCUT2D eigenvalue weighted by molar-refractivity contribution is 5.99. The van der Waals surface area contributed by atoms with E-state index < -0.39 is 11.9 Å². The fourth-order valence-corrected chi connectivity index (χ4v) is 4.08. The number of carbonyl (C=O) groups excluding carboxylic acids is 1.